The van der Waals surface area contributed by atoms with Crippen molar-refractivity contribution in [2.24, 2.45) is 4.99 Å². The van der Waals surface area contributed by atoms with Gasteiger partial charge in [-0.1, -0.05) is 19.4 Å². The Labute approximate surface area is 162 Å². The summed E-state index contributed by atoms with van der Waals surface area (Å²) < 4.78 is 5.45. The molecule has 0 amide bonds. The molecule has 0 spiro atoms. The number of hydrogen-bond donors (Lipinski definition) is 2. The van der Waals surface area contributed by atoms with Crippen molar-refractivity contribution in [3.05, 3.63) is 38.9 Å². The number of unbranched alkanes of at least 4 members (excludes halogenated alkanes) is 3. The zero-order valence-electron chi connectivity index (χ0n) is 16.1. The number of rotatable bonds is 8. The van der Waals surface area contributed by atoms with Crippen LogP contribution in [0.2, 0.25) is 0 Å². The van der Waals surface area contributed by atoms with Crippen molar-refractivity contribution < 1.29 is 14.6 Å². The van der Waals surface area contributed by atoms with Crippen molar-refractivity contribution >= 4 is 29.7 Å². The van der Waals surface area contributed by atoms with Crippen LogP contribution in [0.5, 0.6) is 5.75 Å². The van der Waals surface area contributed by atoms with Gasteiger partial charge in [0.25, 0.3) is 5.56 Å². The van der Waals surface area contributed by atoms with Crippen LogP contribution in [0.1, 0.15) is 37.7 Å². The van der Waals surface area contributed by atoms with Crippen LogP contribution < -0.4 is 26.0 Å². The predicted molar refractivity (Wildman–Crippen MR) is 106 cm³/mol. The standard InChI is InChI=1S/C20H24N4O4/c1-12-10-14-15(11-16(12)28-3)24(9-7-5-4-6-8-17(25)26)19-18(23-14)20(27)22-13(2)21-19/h10-11H,2,4-9H2,1,3H3,(H,22,27)(H,25,26). The molecule has 0 radical (unpaired) electrons. The van der Waals surface area contributed by atoms with Gasteiger partial charge in [-0.3, -0.25) is 9.59 Å². The third kappa shape index (κ3) is 4.05. The number of nitrogens with one attached hydrogen (secondary N) is 1. The van der Waals surface area contributed by atoms with Crippen molar-refractivity contribution in [3.63, 3.8) is 0 Å². The molecule has 148 valence electrons. The molecule has 8 heteroatoms. The summed E-state index contributed by atoms with van der Waals surface area (Å²) in [5, 5.41) is 9.01. The number of aliphatic carboxylic acids is 1. The molecule has 1 aliphatic heterocycles. The average Bonchev–Trinajstić information content (AvgIpc) is 2.63. The third-order valence-corrected chi connectivity index (χ3v) is 4.72. The number of hydrogen-bond acceptors (Lipinski definition) is 6. The van der Waals surface area contributed by atoms with Gasteiger partial charge >= 0.3 is 5.97 Å². The highest BCUT2D eigenvalue weighted by molar-refractivity contribution is 5.78. The molecule has 0 saturated heterocycles. The van der Waals surface area contributed by atoms with E-state index in [1.54, 1.807) is 7.11 Å². The van der Waals surface area contributed by atoms with Crippen LogP contribution in [0.15, 0.2) is 21.9 Å². The number of benzene rings is 1. The lowest BCUT2D eigenvalue weighted by atomic mass is 10.1. The van der Waals surface area contributed by atoms with Gasteiger partial charge in [0.15, 0.2) is 11.2 Å². The fourth-order valence-corrected chi connectivity index (χ4v) is 3.34. The number of carboxylic acids is 1. The molecule has 28 heavy (non-hydrogen) atoms. The summed E-state index contributed by atoms with van der Waals surface area (Å²) in [6.07, 6.45) is 3.40. The normalized spacial score (nSPS) is 12.1. The Bertz CT molecular complexity index is 1060. The minimum absolute atomic E-state index is 0.187. The summed E-state index contributed by atoms with van der Waals surface area (Å²) in [6, 6.07) is 3.81. The number of aromatic amines is 1. The molecular formula is C20H24N4O4. The highest BCUT2D eigenvalue weighted by Crippen LogP contribution is 2.39. The molecule has 1 aromatic carbocycles. The number of fused-ring (bicyclic) bond motifs is 2. The summed E-state index contributed by atoms with van der Waals surface area (Å²) in [6.45, 7) is 6.31. The van der Waals surface area contributed by atoms with Crippen LogP contribution >= 0.6 is 0 Å². The minimum Gasteiger partial charge on any atom is -0.496 e. The molecule has 8 nitrogen and oxygen atoms in total. The zero-order valence-corrected chi connectivity index (χ0v) is 16.1. The lowest BCUT2D eigenvalue weighted by molar-refractivity contribution is -0.137. The van der Waals surface area contributed by atoms with Gasteiger partial charge in [-0.25, -0.2) is 9.98 Å². The SMILES string of the molecule is C=c1nc2c(c(=O)[nH]1)=Nc1cc(C)c(OC)cc1N2CCCCCCC(=O)O. The first-order valence-electron chi connectivity index (χ1n) is 9.26. The van der Waals surface area contributed by atoms with Gasteiger partial charge in [-0.05, 0) is 31.4 Å². The Morgan fingerprint density at radius 3 is 2.75 bits per heavy atom. The van der Waals surface area contributed by atoms with Gasteiger partial charge in [0.2, 0.25) is 0 Å². The number of carbonyl (C=O) groups is 1. The molecule has 0 atom stereocenters. The molecule has 0 saturated carbocycles. The van der Waals surface area contributed by atoms with Crippen LogP contribution in [0.25, 0.3) is 6.58 Å². The smallest absolute Gasteiger partial charge is 0.303 e. The summed E-state index contributed by atoms with van der Waals surface area (Å²) >= 11 is 0. The molecule has 2 N–H and O–H groups in total. The van der Waals surface area contributed by atoms with E-state index in [-0.39, 0.29) is 22.8 Å². The molecule has 0 unspecified atom stereocenters. The monoisotopic (exact) mass is 384 g/mol. The zero-order chi connectivity index (χ0) is 20.3. The van der Waals surface area contributed by atoms with Crippen molar-refractivity contribution in [1.82, 2.24) is 9.97 Å². The highest BCUT2D eigenvalue weighted by atomic mass is 16.5. The van der Waals surface area contributed by atoms with Crippen molar-refractivity contribution in [2.45, 2.75) is 39.0 Å². The number of anilines is 2. The van der Waals surface area contributed by atoms with Crippen molar-refractivity contribution in [2.75, 3.05) is 18.6 Å². The van der Waals surface area contributed by atoms with Gasteiger partial charge in [0.05, 0.1) is 18.5 Å². The molecule has 1 aromatic heterocycles. The largest absolute Gasteiger partial charge is 0.496 e. The average molecular weight is 384 g/mol. The topological polar surface area (TPSA) is 108 Å². The number of aryl methyl sites for hydroxylation is 1. The van der Waals surface area contributed by atoms with E-state index < -0.39 is 5.97 Å². The van der Waals surface area contributed by atoms with Crippen LogP contribution in [0.3, 0.4) is 0 Å². The summed E-state index contributed by atoms with van der Waals surface area (Å²) in [4.78, 5) is 36.5. The van der Waals surface area contributed by atoms with Gasteiger partial charge < -0.3 is 19.7 Å². The highest BCUT2D eigenvalue weighted by Gasteiger charge is 2.23. The van der Waals surface area contributed by atoms with Crippen LogP contribution in [-0.2, 0) is 4.79 Å². The Morgan fingerprint density at radius 1 is 1.29 bits per heavy atom. The number of aromatic nitrogens is 2. The Balaban J connectivity index is 1.93. The lowest BCUT2D eigenvalue weighted by Gasteiger charge is -2.28. The predicted octanol–water partition coefficient (Wildman–Crippen LogP) is 1.94. The first-order chi connectivity index (χ1) is 13.4. The number of ether oxygens (including phenoxy) is 1. The Morgan fingerprint density at radius 2 is 2.04 bits per heavy atom. The molecule has 0 aliphatic carbocycles. The van der Waals surface area contributed by atoms with E-state index in [1.165, 1.54) is 0 Å². The van der Waals surface area contributed by atoms with Crippen LogP contribution in [-0.4, -0.2) is 34.7 Å². The van der Waals surface area contributed by atoms with E-state index in [1.807, 2.05) is 24.0 Å². The molecule has 2 aromatic rings. The molecule has 2 heterocycles. The van der Waals surface area contributed by atoms with Crippen LogP contribution in [0.4, 0.5) is 17.2 Å². The molecule has 0 fully saturated rings. The molecule has 0 bridgehead atoms. The van der Waals surface area contributed by atoms with Crippen molar-refractivity contribution in [3.8, 4) is 5.75 Å². The summed E-state index contributed by atoms with van der Waals surface area (Å²) in [5.74, 6) is 0.454. The van der Waals surface area contributed by atoms with Crippen molar-refractivity contribution in [1.29, 1.82) is 0 Å². The second kappa shape index (κ2) is 8.24. The van der Waals surface area contributed by atoms with E-state index in [2.05, 4.69) is 21.5 Å². The number of nitrogens with zero attached hydrogens (tertiary/aromatic N) is 3. The maximum Gasteiger partial charge on any atom is 0.303 e. The van der Waals surface area contributed by atoms with Gasteiger partial charge in [-0.2, -0.15) is 0 Å². The fourth-order valence-electron chi connectivity index (χ4n) is 3.34. The Kier molecular flexibility index (Phi) is 5.77. The van der Waals surface area contributed by atoms with E-state index in [4.69, 9.17) is 9.84 Å². The third-order valence-electron chi connectivity index (χ3n) is 4.72. The number of methoxy groups -OCH3 is 1. The van der Waals surface area contributed by atoms with Gasteiger partial charge in [0.1, 0.15) is 11.2 Å². The fraction of sp³-hybridized carbons (Fsp3) is 0.400. The summed E-state index contributed by atoms with van der Waals surface area (Å²) in [7, 11) is 1.62. The second-order valence-electron chi connectivity index (χ2n) is 6.82. The van der Waals surface area contributed by atoms with E-state index in [0.717, 1.165) is 36.3 Å². The maximum absolute atomic E-state index is 12.4. The quantitative estimate of drug-likeness (QED) is 0.674. The number of carboxylic acid groups (broad SMARTS) is 1. The van der Waals surface area contributed by atoms with Gasteiger partial charge in [0, 0.05) is 19.0 Å². The molecular weight excluding hydrogens is 360 g/mol. The maximum atomic E-state index is 12.4. The number of H-pyrrole nitrogens is 1. The van der Waals surface area contributed by atoms with E-state index in [0.29, 0.717) is 24.5 Å². The van der Waals surface area contributed by atoms with E-state index >= 15 is 0 Å². The first kappa shape index (κ1) is 19.6. The lowest BCUT2D eigenvalue weighted by Crippen LogP contribution is -2.42. The molecule has 3 rings (SSSR count). The summed E-state index contributed by atoms with van der Waals surface area (Å²) in [5.41, 5.74) is 2.42. The minimum atomic E-state index is -0.769. The Hall–Kier alpha value is -3.16. The van der Waals surface area contributed by atoms with E-state index in [9.17, 15) is 9.59 Å². The van der Waals surface area contributed by atoms with Gasteiger partial charge in [-0.15, -0.1) is 0 Å². The van der Waals surface area contributed by atoms with Crippen LogP contribution in [0, 0.1) is 6.92 Å². The first-order valence-corrected chi connectivity index (χ1v) is 9.26. The molecule has 1 aliphatic rings. The second-order valence-corrected chi connectivity index (χ2v) is 6.82.